The van der Waals surface area contributed by atoms with Gasteiger partial charge in [-0.2, -0.15) is 13.2 Å². The van der Waals surface area contributed by atoms with Gasteiger partial charge in [0.05, 0.1) is 22.1 Å². The van der Waals surface area contributed by atoms with Crippen LogP contribution in [0.2, 0.25) is 5.02 Å². The van der Waals surface area contributed by atoms with E-state index in [1.807, 2.05) is 20.8 Å². The summed E-state index contributed by atoms with van der Waals surface area (Å²) in [5.74, 6) is 0.888. The summed E-state index contributed by atoms with van der Waals surface area (Å²) in [7, 11) is 2.00. The van der Waals surface area contributed by atoms with Gasteiger partial charge in [0.2, 0.25) is 0 Å². The van der Waals surface area contributed by atoms with Crippen molar-refractivity contribution in [1.29, 1.82) is 0 Å². The van der Waals surface area contributed by atoms with Gasteiger partial charge in [0, 0.05) is 13.5 Å². The summed E-state index contributed by atoms with van der Waals surface area (Å²) >= 11 is 5.68. The number of rotatable bonds is 10. The SMILES string of the molecule is CC.CCCC(C)CCC.CCPC(O)CCC(C)=O.CNc1c(Cl)cc(C)cc1C(F)(F)F. The number of nitrogens with one attached hydrogen (secondary N) is 1. The zero-order chi connectivity index (χ0) is 27.3. The number of hydrogen-bond donors (Lipinski definition) is 2. The van der Waals surface area contributed by atoms with Crippen molar-refractivity contribution in [3.63, 3.8) is 0 Å². The molecule has 1 rings (SSSR count). The molecule has 2 N–H and O–H groups in total. The third-order valence-corrected chi connectivity index (χ3v) is 6.03. The van der Waals surface area contributed by atoms with Crippen LogP contribution in [0.15, 0.2) is 12.1 Å². The second-order valence-electron chi connectivity index (χ2n) is 7.91. The van der Waals surface area contributed by atoms with Gasteiger partial charge in [-0.15, -0.1) is 0 Å². The van der Waals surface area contributed by atoms with Gasteiger partial charge in [0.15, 0.2) is 0 Å². The second-order valence-corrected chi connectivity index (χ2v) is 10.1. The fourth-order valence-corrected chi connectivity index (χ4v) is 4.22. The smallest absolute Gasteiger partial charge is 0.389 e. The summed E-state index contributed by atoms with van der Waals surface area (Å²) in [4.78, 5) is 10.4. The average Bonchev–Trinajstić information content (AvgIpc) is 2.74. The molecule has 0 saturated heterocycles. The molecule has 34 heavy (non-hydrogen) atoms. The highest BCUT2D eigenvalue weighted by atomic mass is 35.5. The monoisotopic (exact) mass is 529 g/mol. The van der Waals surface area contributed by atoms with Crippen LogP contribution in [0.1, 0.15) is 98.1 Å². The van der Waals surface area contributed by atoms with Crippen molar-refractivity contribution in [1.82, 2.24) is 0 Å². The Labute approximate surface area is 213 Å². The normalized spacial score (nSPS) is 11.6. The molecule has 2 unspecified atom stereocenters. The molecule has 0 spiro atoms. The Morgan fingerprint density at radius 1 is 1.12 bits per heavy atom. The van der Waals surface area contributed by atoms with Crippen LogP contribution in [-0.4, -0.2) is 29.9 Å². The van der Waals surface area contributed by atoms with E-state index in [1.165, 1.54) is 38.8 Å². The van der Waals surface area contributed by atoms with Gasteiger partial charge in [-0.05, 0) is 50.0 Å². The molecule has 3 nitrogen and oxygen atoms in total. The molecule has 1 aromatic rings. The standard InChI is InChI=1S/C9H9ClF3N.C8H18.C7H15O2P.C2H6/c1-5-3-6(9(11,12)13)8(14-2)7(10)4-5;1-4-6-8(3)7-5-2;1-3-10-7(9)5-4-6(2)8;1-2/h3-4,14H,1-2H3;8H,4-7H2,1-3H3;7,9-10H,3-5H2,1-2H3;1-2H3. The molecule has 8 heteroatoms. The van der Waals surface area contributed by atoms with Crippen LogP contribution in [0.5, 0.6) is 0 Å². The number of carbonyl (C=O) groups excluding carboxylic acids is 1. The molecular formula is C26H48ClF3NO2P. The first-order valence-corrected chi connectivity index (χ1v) is 14.0. The van der Waals surface area contributed by atoms with Crippen LogP contribution in [0.25, 0.3) is 0 Å². The van der Waals surface area contributed by atoms with E-state index in [-0.39, 0.29) is 22.3 Å². The molecule has 0 aliphatic carbocycles. The molecule has 2 atom stereocenters. The Hall–Kier alpha value is -0.840. The van der Waals surface area contributed by atoms with Crippen LogP contribution >= 0.6 is 20.2 Å². The quantitative estimate of drug-likeness (QED) is 0.297. The fourth-order valence-electron chi connectivity index (χ4n) is 3.03. The summed E-state index contributed by atoms with van der Waals surface area (Å²) in [6.07, 6.45) is 3.31. The van der Waals surface area contributed by atoms with Crippen molar-refractivity contribution in [3.05, 3.63) is 28.3 Å². The van der Waals surface area contributed by atoms with E-state index >= 15 is 0 Å². The summed E-state index contributed by atoms with van der Waals surface area (Å²) in [5.41, 5.74) is -0.323. The van der Waals surface area contributed by atoms with Gasteiger partial charge >= 0.3 is 6.18 Å². The Morgan fingerprint density at radius 3 is 1.97 bits per heavy atom. The van der Waals surface area contributed by atoms with Crippen LogP contribution in [0.3, 0.4) is 0 Å². The van der Waals surface area contributed by atoms with Crippen LogP contribution in [0.4, 0.5) is 18.9 Å². The van der Waals surface area contributed by atoms with Gasteiger partial charge in [-0.25, -0.2) is 0 Å². The first-order valence-electron chi connectivity index (χ1n) is 12.3. The summed E-state index contributed by atoms with van der Waals surface area (Å²) in [6, 6.07) is 2.56. The van der Waals surface area contributed by atoms with Crippen molar-refractivity contribution in [2.75, 3.05) is 18.5 Å². The highest BCUT2D eigenvalue weighted by Crippen LogP contribution is 2.39. The number of halogens is 4. The van der Waals surface area contributed by atoms with Crippen molar-refractivity contribution in [3.8, 4) is 0 Å². The largest absolute Gasteiger partial charge is 0.418 e. The maximum Gasteiger partial charge on any atom is 0.418 e. The lowest BCUT2D eigenvalue weighted by atomic mass is 10.0. The lowest BCUT2D eigenvalue weighted by Crippen LogP contribution is -2.09. The lowest BCUT2D eigenvalue weighted by Gasteiger charge is -2.14. The first-order chi connectivity index (χ1) is 15.8. The number of hydrogen-bond acceptors (Lipinski definition) is 3. The van der Waals surface area contributed by atoms with Crippen molar-refractivity contribution in [2.24, 2.45) is 5.92 Å². The van der Waals surface area contributed by atoms with Gasteiger partial charge < -0.3 is 15.2 Å². The third-order valence-electron chi connectivity index (χ3n) is 4.56. The minimum atomic E-state index is -4.38. The van der Waals surface area contributed by atoms with E-state index in [2.05, 4.69) is 26.1 Å². The molecular weight excluding hydrogens is 482 g/mol. The average molecular weight is 530 g/mol. The predicted molar refractivity (Wildman–Crippen MR) is 146 cm³/mol. The summed E-state index contributed by atoms with van der Waals surface area (Å²) < 4.78 is 37.5. The fraction of sp³-hybridized carbons (Fsp3) is 0.731. The molecule has 0 saturated carbocycles. The minimum absolute atomic E-state index is 0.0789. The third kappa shape index (κ3) is 20.5. The molecule has 0 aromatic heterocycles. The number of alkyl halides is 3. The zero-order valence-corrected chi connectivity index (χ0v) is 24.4. The lowest BCUT2D eigenvalue weighted by molar-refractivity contribution is -0.137. The molecule has 0 heterocycles. The van der Waals surface area contributed by atoms with E-state index in [9.17, 15) is 18.0 Å². The maximum atomic E-state index is 12.5. The van der Waals surface area contributed by atoms with Crippen molar-refractivity contribution < 1.29 is 23.1 Å². The predicted octanol–water partition coefficient (Wildman–Crippen LogP) is 9.33. The van der Waals surface area contributed by atoms with Crippen molar-refractivity contribution in [2.45, 2.75) is 106 Å². The van der Waals surface area contributed by atoms with Gasteiger partial charge in [0.25, 0.3) is 0 Å². The molecule has 0 fully saturated rings. The summed E-state index contributed by atoms with van der Waals surface area (Å²) in [6.45, 7) is 16.0. The number of aliphatic hydroxyl groups is 1. The van der Waals surface area contributed by atoms with Crippen LogP contribution in [-0.2, 0) is 11.0 Å². The number of carbonyl (C=O) groups is 1. The molecule has 0 aliphatic heterocycles. The number of Topliss-reactive ketones (excluding diaryl/α,β-unsaturated/α-hetero) is 1. The molecule has 0 aliphatic rings. The molecule has 0 amide bonds. The number of anilines is 1. The van der Waals surface area contributed by atoms with Gasteiger partial charge in [-0.3, -0.25) is 0 Å². The molecule has 0 radical (unpaired) electrons. The first kappa shape index (κ1) is 37.7. The Bertz CT molecular complexity index is 637. The van der Waals surface area contributed by atoms with E-state index in [1.54, 1.807) is 13.8 Å². The highest BCUT2D eigenvalue weighted by molar-refractivity contribution is 7.38. The number of benzene rings is 1. The maximum absolute atomic E-state index is 12.5. The summed E-state index contributed by atoms with van der Waals surface area (Å²) in [5, 5.41) is 11.7. The molecule has 1 aromatic carbocycles. The van der Waals surface area contributed by atoms with Crippen LogP contribution in [0, 0.1) is 12.8 Å². The number of ketones is 1. The Balaban J connectivity index is -0.000000426. The number of aliphatic hydroxyl groups excluding tert-OH is 1. The van der Waals surface area contributed by atoms with E-state index in [4.69, 9.17) is 16.7 Å². The topological polar surface area (TPSA) is 49.3 Å². The van der Waals surface area contributed by atoms with E-state index in [0.29, 0.717) is 27.0 Å². The Morgan fingerprint density at radius 2 is 1.62 bits per heavy atom. The zero-order valence-electron chi connectivity index (χ0n) is 22.6. The minimum Gasteiger partial charge on any atom is -0.389 e. The molecule has 202 valence electrons. The van der Waals surface area contributed by atoms with Gasteiger partial charge in [-0.1, -0.05) is 87.4 Å². The number of aryl methyl sites for hydroxylation is 1. The van der Waals surface area contributed by atoms with Gasteiger partial charge in [0.1, 0.15) is 5.78 Å². The van der Waals surface area contributed by atoms with Crippen LogP contribution < -0.4 is 5.32 Å². The highest BCUT2D eigenvalue weighted by Gasteiger charge is 2.34. The molecule has 0 bridgehead atoms. The second kappa shape index (κ2) is 22.6. The van der Waals surface area contributed by atoms with Crippen molar-refractivity contribution >= 4 is 31.7 Å². The Kier molecular flexibility index (Phi) is 25.1. The van der Waals surface area contributed by atoms with E-state index in [0.717, 1.165) is 18.1 Å². The van der Waals surface area contributed by atoms with E-state index < -0.39 is 11.7 Å².